The highest BCUT2D eigenvalue weighted by molar-refractivity contribution is 7.89. The van der Waals surface area contributed by atoms with Crippen molar-refractivity contribution in [1.29, 1.82) is 0 Å². The average Bonchev–Trinajstić information content (AvgIpc) is 2.78. The SMILES string of the molecule is COc1c(CO)cc(Cl)cc1S(=O)(=O)N1CC(C)C(C)C1. The molecule has 2 unspecified atom stereocenters. The Morgan fingerprint density at radius 1 is 1.33 bits per heavy atom. The van der Waals surface area contributed by atoms with Crippen molar-refractivity contribution in [3.63, 3.8) is 0 Å². The van der Waals surface area contributed by atoms with E-state index in [-0.39, 0.29) is 22.3 Å². The molecule has 1 aliphatic heterocycles. The Labute approximate surface area is 130 Å². The molecule has 1 aliphatic rings. The molecule has 1 N–H and O–H groups in total. The second-order valence-electron chi connectivity index (χ2n) is 5.53. The molecule has 2 atom stereocenters. The van der Waals surface area contributed by atoms with Crippen molar-refractivity contribution in [2.45, 2.75) is 25.3 Å². The minimum atomic E-state index is -3.69. The van der Waals surface area contributed by atoms with Crippen LogP contribution in [-0.4, -0.2) is 38.0 Å². The summed E-state index contributed by atoms with van der Waals surface area (Å²) in [5, 5.41) is 9.63. The Balaban J connectivity index is 2.52. The smallest absolute Gasteiger partial charge is 0.246 e. The van der Waals surface area contributed by atoms with Crippen molar-refractivity contribution >= 4 is 21.6 Å². The van der Waals surface area contributed by atoms with E-state index in [0.717, 1.165) is 0 Å². The van der Waals surface area contributed by atoms with Gasteiger partial charge in [0, 0.05) is 23.7 Å². The Morgan fingerprint density at radius 3 is 2.38 bits per heavy atom. The maximum absolute atomic E-state index is 12.8. The van der Waals surface area contributed by atoms with Crippen molar-refractivity contribution in [2.24, 2.45) is 11.8 Å². The highest BCUT2D eigenvalue weighted by Gasteiger charge is 2.37. The van der Waals surface area contributed by atoms with Gasteiger partial charge in [-0.15, -0.1) is 0 Å². The third kappa shape index (κ3) is 3.04. The summed E-state index contributed by atoms with van der Waals surface area (Å²) in [7, 11) is -2.30. The maximum Gasteiger partial charge on any atom is 0.246 e. The molecule has 0 radical (unpaired) electrons. The second kappa shape index (κ2) is 6.12. The second-order valence-corrected chi connectivity index (χ2v) is 7.87. The molecule has 118 valence electrons. The van der Waals surface area contributed by atoms with Gasteiger partial charge in [-0.05, 0) is 24.0 Å². The number of sulfonamides is 1. The van der Waals surface area contributed by atoms with Gasteiger partial charge in [0.15, 0.2) is 0 Å². The van der Waals surface area contributed by atoms with E-state index in [1.54, 1.807) is 0 Å². The molecule has 0 amide bonds. The summed E-state index contributed by atoms with van der Waals surface area (Å²) < 4.78 is 32.3. The van der Waals surface area contributed by atoms with Gasteiger partial charge in [-0.3, -0.25) is 0 Å². The van der Waals surface area contributed by atoms with Gasteiger partial charge in [0.1, 0.15) is 10.6 Å². The lowest BCUT2D eigenvalue weighted by atomic mass is 10.0. The van der Waals surface area contributed by atoms with Gasteiger partial charge in [0.2, 0.25) is 10.0 Å². The molecule has 0 bridgehead atoms. The summed E-state index contributed by atoms with van der Waals surface area (Å²) in [6.45, 7) is 4.70. The Hall–Kier alpha value is -0.820. The molecule has 0 aliphatic carbocycles. The van der Waals surface area contributed by atoms with E-state index in [1.807, 2.05) is 13.8 Å². The number of benzene rings is 1. The van der Waals surface area contributed by atoms with Crippen LogP contribution in [-0.2, 0) is 16.6 Å². The van der Waals surface area contributed by atoms with Gasteiger partial charge < -0.3 is 9.84 Å². The lowest BCUT2D eigenvalue weighted by molar-refractivity contribution is 0.272. The molecule has 21 heavy (non-hydrogen) atoms. The first kappa shape index (κ1) is 16.5. The van der Waals surface area contributed by atoms with Gasteiger partial charge in [-0.2, -0.15) is 4.31 Å². The van der Waals surface area contributed by atoms with Crippen LogP contribution in [0.25, 0.3) is 0 Å². The highest BCUT2D eigenvalue weighted by atomic mass is 35.5. The van der Waals surface area contributed by atoms with E-state index < -0.39 is 10.0 Å². The Morgan fingerprint density at radius 2 is 1.90 bits per heavy atom. The fraction of sp³-hybridized carbons (Fsp3) is 0.571. The van der Waals surface area contributed by atoms with E-state index in [2.05, 4.69) is 0 Å². The zero-order chi connectivity index (χ0) is 15.8. The zero-order valence-electron chi connectivity index (χ0n) is 12.3. The molecule has 5 nitrogen and oxygen atoms in total. The molecule has 1 fully saturated rings. The average molecular weight is 334 g/mol. The van der Waals surface area contributed by atoms with Gasteiger partial charge in [-0.1, -0.05) is 25.4 Å². The number of ether oxygens (including phenoxy) is 1. The molecule has 0 aromatic heterocycles. The molecule has 1 saturated heterocycles. The quantitative estimate of drug-likeness (QED) is 0.916. The third-order valence-electron chi connectivity index (χ3n) is 4.04. The standard InChI is InChI=1S/C14H20ClNO4S/c1-9-6-16(7-10(9)2)21(18,19)13-5-12(15)4-11(8-17)14(13)20-3/h4-5,9-10,17H,6-8H2,1-3H3. The van der Waals surface area contributed by atoms with Crippen LogP contribution in [0.1, 0.15) is 19.4 Å². The first-order valence-electron chi connectivity index (χ1n) is 6.78. The number of methoxy groups -OCH3 is 1. The van der Waals surface area contributed by atoms with Crippen LogP contribution in [0.2, 0.25) is 5.02 Å². The van der Waals surface area contributed by atoms with Gasteiger partial charge >= 0.3 is 0 Å². The van der Waals surface area contributed by atoms with Gasteiger partial charge in [0.05, 0.1) is 13.7 Å². The van der Waals surface area contributed by atoms with Crippen LogP contribution in [0.3, 0.4) is 0 Å². The van der Waals surface area contributed by atoms with E-state index in [4.69, 9.17) is 16.3 Å². The number of aliphatic hydroxyl groups is 1. The first-order valence-corrected chi connectivity index (χ1v) is 8.60. The predicted octanol–water partition coefficient (Wildman–Crippen LogP) is 2.12. The molecule has 2 rings (SSSR count). The summed E-state index contributed by atoms with van der Waals surface area (Å²) in [5.41, 5.74) is 0.365. The minimum absolute atomic E-state index is 0.0165. The number of aliphatic hydroxyl groups excluding tert-OH is 1. The molecule has 0 saturated carbocycles. The number of halogens is 1. The summed E-state index contributed by atoms with van der Waals surface area (Å²) in [5.74, 6) is 0.777. The van der Waals surface area contributed by atoms with Crippen LogP contribution in [0.5, 0.6) is 5.75 Å². The molecule has 7 heteroatoms. The van der Waals surface area contributed by atoms with Crippen molar-refractivity contribution in [2.75, 3.05) is 20.2 Å². The highest BCUT2D eigenvalue weighted by Crippen LogP contribution is 2.36. The van der Waals surface area contributed by atoms with Crippen LogP contribution in [0.15, 0.2) is 17.0 Å². The number of rotatable bonds is 4. The number of nitrogens with zero attached hydrogens (tertiary/aromatic N) is 1. The maximum atomic E-state index is 12.8. The molecule has 1 heterocycles. The van der Waals surface area contributed by atoms with Crippen LogP contribution in [0.4, 0.5) is 0 Å². The topological polar surface area (TPSA) is 66.8 Å². The summed E-state index contributed by atoms with van der Waals surface area (Å²) in [6, 6.07) is 2.89. The molecular formula is C14H20ClNO4S. The van der Waals surface area contributed by atoms with Gasteiger partial charge in [-0.25, -0.2) is 8.42 Å². The molecule has 0 spiro atoms. The lowest BCUT2D eigenvalue weighted by Crippen LogP contribution is -2.29. The van der Waals surface area contributed by atoms with Crippen molar-refractivity contribution in [3.05, 3.63) is 22.7 Å². The largest absolute Gasteiger partial charge is 0.495 e. The molecular weight excluding hydrogens is 314 g/mol. The predicted molar refractivity (Wildman–Crippen MR) is 81.0 cm³/mol. The van der Waals surface area contributed by atoms with Crippen molar-refractivity contribution < 1.29 is 18.3 Å². The summed E-state index contributed by atoms with van der Waals surface area (Å²) in [4.78, 5) is 0.0165. The molecule has 1 aromatic carbocycles. The van der Waals surface area contributed by atoms with Gasteiger partial charge in [0.25, 0.3) is 0 Å². The van der Waals surface area contributed by atoms with E-state index in [0.29, 0.717) is 30.5 Å². The monoisotopic (exact) mass is 333 g/mol. The van der Waals surface area contributed by atoms with Crippen molar-refractivity contribution in [1.82, 2.24) is 4.31 Å². The zero-order valence-corrected chi connectivity index (χ0v) is 13.9. The fourth-order valence-electron chi connectivity index (χ4n) is 2.58. The van der Waals surface area contributed by atoms with E-state index >= 15 is 0 Å². The van der Waals surface area contributed by atoms with E-state index in [1.165, 1.54) is 23.5 Å². The van der Waals surface area contributed by atoms with Crippen molar-refractivity contribution in [3.8, 4) is 5.75 Å². The Bertz CT molecular complexity index is 622. The number of hydrogen-bond acceptors (Lipinski definition) is 4. The summed E-state index contributed by atoms with van der Waals surface area (Å²) in [6.07, 6.45) is 0. The lowest BCUT2D eigenvalue weighted by Gasteiger charge is -2.20. The normalized spacial score (nSPS) is 23.5. The summed E-state index contributed by atoms with van der Waals surface area (Å²) >= 11 is 5.98. The number of hydrogen-bond donors (Lipinski definition) is 1. The fourth-order valence-corrected chi connectivity index (χ4v) is 4.75. The van der Waals surface area contributed by atoms with Crippen LogP contribution >= 0.6 is 11.6 Å². The first-order chi connectivity index (χ1) is 9.81. The minimum Gasteiger partial charge on any atom is -0.495 e. The van der Waals surface area contributed by atoms with E-state index in [9.17, 15) is 13.5 Å². The molecule has 1 aromatic rings. The third-order valence-corrected chi connectivity index (χ3v) is 6.10. The van der Waals surface area contributed by atoms with Crippen LogP contribution in [0, 0.1) is 11.8 Å². The van der Waals surface area contributed by atoms with Crippen LogP contribution < -0.4 is 4.74 Å². The Kier molecular flexibility index (Phi) is 4.82.